The van der Waals surface area contributed by atoms with Gasteiger partial charge in [-0.3, -0.25) is 0 Å². The van der Waals surface area contributed by atoms with Gasteiger partial charge in [0, 0.05) is 6.04 Å². The molecule has 2 rings (SSSR count). The highest BCUT2D eigenvalue weighted by atomic mass is 16.3. The van der Waals surface area contributed by atoms with E-state index in [1.54, 1.807) is 0 Å². The van der Waals surface area contributed by atoms with Gasteiger partial charge in [-0.05, 0) is 74.9 Å². The van der Waals surface area contributed by atoms with Crippen LogP contribution in [0.4, 0.5) is 0 Å². The fraction of sp³-hybridized carbons (Fsp3) is 0.647. The molecule has 0 bridgehead atoms. The minimum atomic E-state index is 0.498. The second-order valence-corrected chi connectivity index (χ2v) is 5.79. The van der Waals surface area contributed by atoms with Crippen LogP contribution in [0.1, 0.15) is 49.8 Å². The Kier molecular flexibility index (Phi) is 4.87. The number of hydrogen-bond acceptors (Lipinski definition) is 2. The lowest BCUT2D eigenvalue weighted by Crippen LogP contribution is -2.40. The topological polar surface area (TPSA) is 23.5 Å². The summed E-state index contributed by atoms with van der Waals surface area (Å²) in [5.74, 6) is 0.498. The molecule has 2 heteroatoms. The van der Waals surface area contributed by atoms with Crippen LogP contribution in [0.25, 0.3) is 0 Å². The first kappa shape index (κ1) is 14.4. The molecular weight excluding hydrogens is 234 g/mol. The second-order valence-electron chi connectivity index (χ2n) is 5.79. The zero-order valence-corrected chi connectivity index (χ0v) is 12.6. The molecule has 1 aliphatic carbocycles. The molecule has 0 saturated heterocycles. The Morgan fingerprint density at radius 1 is 1.16 bits per heavy atom. The van der Waals surface area contributed by atoms with Crippen LogP contribution in [0.3, 0.4) is 0 Å². The number of rotatable bonds is 5. The van der Waals surface area contributed by atoms with Crippen LogP contribution < -0.4 is 0 Å². The zero-order chi connectivity index (χ0) is 13.8. The van der Waals surface area contributed by atoms with E-state index in [0.29, 0.717) is 11.8 Å². The summed E-state index contributed by atoms with van der Waals surface area (Å²) < 4.78 is 0. The van der Waals surface area contributed by atoms with Gasteiger partial charge in [0.05, 0.1) is 0 Å². The maximum absolute atomic E-state index is 10.1. The van der Waals surface area contributed by atoms with Gasteiger partial charge >= 0.3 is 0 Å². The highest BCUT2D eigenvalue weighted by Crippen LogP contribution is 2.33. The molecule has 0 saturated carbocycles. The average molecular weight is 261 g/mol. The van der Waals surface area contributed by atoms with Crippen molar-refractivity contribution < 1.29 is 5.11 Å². The van der Waals surface area contributed by atoms with Gasteiger partial charge in [0.2, 0.25) is 0 Å². The van der Waals surface area contributed by atoms with Crippen molar-refractivity contribution in [1.29, 1.82) is 0 Å². The molecule has 1 atom stereocenters. The summed E-state index contributed by atoms with van der Waals surface area (Å²) in [6.45, 7) is 9.03. The molecule has 0 unspecified atom stereocenters. The Bertz CT molecular complexity index is 422. The largest absolute Gasteiger partial charge is 0.508 e. The van der Waals surface area contributed by atoms with E-state index >= 15 is 0 Å². The summed E-state index contributed by atoms with van der Waals surface area (Å²) in [4.78, 5) is 2.62. The normalized spacial score (nSPS) is 18.6. The van der Waals surface area contributed by atoms with E-state index in [9.17, 15) is 5.11 Å². The van der Waals surface area contributed by atoms with E-state index in [1.165, 1.54) is 49.0 Å². The van der Waals surface area contributed by atoms with E-state index in [4.69, 9.17) is 0 Å². The van der Waals surface area contributed by atoms with Crippen molar-refractivity contribution in [3.05, 3.63) is 28.8 Å². The fourth-order valence-corrected chi connectivity index (χ4v) is 3.39. The molecule has 0 aliphatic heterocycles. The zero-order valence-electron chi connectivity index (χ0n) is 12.6. The second kappa shape index (κ2) is 6.42. The number of aryl methyl sites for hydroxylation is 1. The molecule has 0 fully saturated rings. The number of hydrogen-bond donors (Lipinski definition) is 1. The van der Waals surface area contributed by atoms with E-state index in [1.807, 2.05) is 12.1 Å². The Hall–Kier alpha value is -1.02. The molecular formula is C17H27NO. The lowest BCUT2D eigenvalue weighted by Gasteiger charge is -2.35. The first-order valence-corrected chi connectivity index (χ1v) is 7.71. The van der Waals surface area contributed by atoms with Crippen LogP contribution in [-0.2, 0) is 12.8 Å². The molecule has 0 heterocycles. The quantitative estimate of drug-likeness (QED) is 0.874. The molecule has 0 spiro atoms. The van der Waals surface area contributed by atoms with Crippen molar-refractivity contribution in [2.45, 2.75) is 58.9 Å². The highest BCUT2D eigenvalue weighted by molar-refractivity contribution is 5.46. The highest BCUT2D eigenvalue weighted by Gasteiger charge is 2.26. The third kappa shape index (κ3) is 3.11. The van der Waals surface area contributed by atoms with Crippen LogP contribution in [-0.4, -0.2) is 29.1 Å². The molecule has 106 valence electrons. The van der Waals surface area contributed by atoms with Crippen molar-refractivity contribution in [1.82, 2.24) is 4.90 Å². The van der Waals surface area contributed by atoms with Crippen molar-refractivity contribution in [3.8, 4) is 5.75 Å². The van der Waals surface area contributed by atoms with Crippen LogP contribution in [0.5, 0.6) is 5.75 Å². The molecule has 1 aliphatic rings. The Labute approximate surface area is 117 Å². The number of phenolic OH excluding ortho intramolecular Hbond substituents is 1. The molecule has 2 nitrogen and oxygen atoms in total. The smallest absolute Gasteiger partial charge is 0.119 e. The molecule has 0 amide bonds. The van der Waals surface area contributed by atoms with E-state index < -0.39 is 0 Å². The predicted molar refractivity (Wildman–Crippen MR) is 80.8 cm³/mol. The molecule has 0 radical (unpaired) electrons. The van der Waals surface area contributed by atoms with E-state index in [0.717, 1.165) is 12.8 Å². The van der Waals surface area contributed by atoms with Gasteiger partial charge in [0.15, 0.2) is 0 Å². The van der Waals surface area contributed by atoms with Gasteiger partial charge in [0.25, 0.3) is 0 Å². The Balaban J connectivity index is 2.18. The fourth-order valence-electron chi connectivity index (χ4n) is 3.39. The summed E-state index contributed by atoms with van der Waals surface area (Å²) in [5.41, 5.74) is 3.93. The van der Waals surface area contributed by atoms with Crippen LogP contribution >= 0.6 is 0 Å². The third-order valence-electron chi connectivity index (χ3n) is 4.35. The van der Waals surface area contributed by atoms with E-state index in [2.05, 4.69) is 25.7 Å². The first-order chi connectivity index (χ1) is 9.17. The van der Waals surface area contributed by atoms with Crippen LogP contribution in [0.2, 0.25) is 0 Å². The first-order valence-electron chi connectivity index (χ1n) is 7.71. The summed E-state index contributed by atoms with van der Waals surface area (Å²) in [5, 5.41) is 10.1. The minimum absolute atomic E-state index is 0.498. The summed E-state index contributed by atoms with van der Waals surface area (Å²) in [6.07, 6.45) is 5.79. The number of benzene rings is 1. The van der Waals surface area contributed by atoms with E-state index in [-0.39, 0.29) is 0 Å². The molecule has 0 aromatic heterocycles. The van der Waals surface area contributed by atoms with Gasteiger partial charge in [0.1, 0.15) is 5.75 Å². The predicted octanol–water partition coefficient (Wildman–Crippen LogP) is 3.68. The maximum Gasteiger partial charge on any atom is 0.119 e. The van der Waals surface area contributed by atoms with Gasteiger partial charge in [-0.1, -0.05) is 19.9 Å². The Morgan fingerprint density at radius 2 is 1.84 bits per heavy atom. The lowest BCUT2D eigenvalue weighted by atomic mass is 9.84. The Morgan fingerprint density at radius 3 is 2.47 bits per heavy atom. The van der Waals surface area contributed by atoms with Crippen molar-refractivity contribution >= 4 is 0 Å². The van der Waals surface area contributed by atoms with Gasteiger partial charge < -0.3 is 10.0 Å². The standard InChI is InChI=1S/C17H27NO/c1-4-10-18(11-5-2)14-7-8-15-13(3)6-9-17(19)16(15)12-14/h6,9,14,19H,4-5,7-8,10-12H2,1-3H3/t14-/m0/s1. The molecule has 1 N–H and O–H groups in total. The monoisotopic (exact) mass is 261 g/mol. The lowest BCUT2D eigenvalue weighted by molar-refractivity contribution is 0.179. The van der Waals surface area contributed by atoms with Crippen molar-refractivity contribution in [2.24, 2.45) is 0 Å². The SMILES string of the molecule is CCCN(CCC)[C@H]1CCc2c(C)ccc(O)c2C1. The maximum atomic E-state index is 10.1. The number of fused-ring (bicyclic) bond motifs is 1. The van der Waals surface area contributed by atoms with Crippen LogP contribution in [0, 0.1) is 6.92 Å². The van der Waals surface area contributed by atoms with Crippen LogP contribution in [0.15, 0.2) is 12.1 Å². The summed E-state index contributed by atoms with van der Waals surface area (Å²) >= 11 is 0. The summed E-state index contributed by atoms with van der Waals surface area (Å²) in [6, 6.07) is 4.52. The molecule has 19 heavy (non-hydrogen) atoms. The molecule has 1 aromatic carbocycles. The van der Waals surface area contributed by atoms with Crippen molar-refractivity contribution in [2.75, 3.05) is 13.1 Å². The minimum Gasteiger partial charge on any atom is -0.508 e. The number of aromatic hydroxyl groups is 1. The number of phenols is 1. The summed E-state index contributed by atoms with van der Waals surface area (Å²) in [7, 11) is 0. The third-order valence-corrected chi connectivity index (χ3v) is 4.35. The van der Waals surface area contributed by atoms with Gasteiger partial charge in [-0.15, -0.1) is 0 Å². The van der Waals surface area contributed by atoms with Gasteiger partial charge in [-0.25, -0.2) is 0 Å². The average Bonchev–Trinajstić information content (AvgIpc) is 2.42. The van der Waals surface area contributed by atoms with Gasteiger partial charge in [-0.2, -0.15) is 0 Å². The molecule has 1 aromatic rings. The number of nitrogens with zero attached hydrogens (tertiary/aromatic N) is 1. The van der Waals surface area contributed by atoms with Crippen molar-refractivity contribution in [3.63, 3.8) is 0 Å².